The van der Waals surface area contributed by atoms with E-state index in [4.69, 9.17) is 0 Å². The van der Waals surface area contributed by atoms with Gasteiger partial charge in [-0.05, 0) is 42.7 Å². The van der Waals surface area contributed by atoms with Crippen LogP contribution in [0.25, 0.3) is 0 Å². The lowest BCUT2D eigenvalue weighted by Crippen LogP contribution is -2.35. The van der Waals surface area contributed by atoms with Crippen LogP contribution >= 0.6 is 11.3 Å². The van der Waals surface area contributed by atoms with Crippen LogP contribution in [0, 0.1) is 0 Å². The first-order valence-electron chi connectivity index (χ1n) is 10.4. The molecular formula is C23H25N3O3S2. The number of aromatic nitrogens is 1. The molecule has 1 unspecified atom stereocenters. The molecule has 1 atom stereocenters. The van der Waals surface area contributed by atoms with E-state index in [9.17, 15) is 13.2 Å². The van der Waals surface area contributed by atoms with E-state index in [0.29, 0.717) is 17.3 Å². The Balaban J connectivity index is 1.48. The third kappa shape index (κ3) is 5.20. The maximum absolute atomic E-state index is 12.9. The molecule has 3 heterocycles. The fourth-order valence-corrected chi connectivity index (χ4v) is 6.74. The highest BCUT2D eigenvalue weighted by atomic mass is 32.2. The number of nitrogens with zero attached hydrogens (tertiary/aromatic N) is 2. The first-order valence-corrected chi connectivity index (χ1v) is 12.6. The number of nitrogens with one attached hydrogen (secondary N) is 1. The summed E-state index contributed by atoms with van der Waals surface area (Å²) < 4.78 is 27.6. The van der Waals surface area contributed by atoms with Gasteiger partial charge in [-0.1, -0.05) is 42.8 Å². The number of hydrogen-bond acceptors (Lipinski definition) is 5. The van der Waals surface area contributed by atoms with Crippen molar-refractivity contribution >= 4 is 27.3 Å². The van der Waals surface area contributed by atoms with Gasteiger partial charge in [-0.15, -0.1) is 11.3 Å². The molecule has 0 aliphatic carbocycles. The van der Waals surface area contributed by atoms with Crippen LogP contribution in [-0.2, 0) is 21.2 Å². The molecule has 4 rings (SSSR count). The van der Waals surface area contributed by atoms with Gasteiger partial charge < -0.3 is 5.32 Å². The van der Waals surface area contributed by atoms with Gasteiger partial charge in [0.1, 0.15) is 4.21 Å². The summed E-state index contributed by atoms with van der Waals surface area (Å²) in [5.74, 6) is -0.178. The van der Waals surface area contributed by atoms with Crippen LogP contribution in [0.2, 0.25) is 0 Å². The van der Waals surface area contributed by atoms with Crippen molar-refractivity contribution in [3.63, 3.8) is 0 Å². The number of carbonyl (C=O) groups is 1. The van der Waals surface area contributed by atoms with Gasteiger partial charge >= 0.3 is 0 Å². The molecule has 6 nitrogen and oxygen atoms in total. The standard InChI is InChI=1S/C23H25N3O3S2/c27-21(25-23(18-9-3-1-4-10-18)20-11-5-6-14-24-20)17-19-12-13-22(30-19)31(28,29)26-15-7-2-8-16-26/h1,3-6,9-14,23H,2,7-8,15-17H2,(H,25,27). The van der Waals surface area contributed by atoms with E-state index in [1.807, 2.05) is 48.5 Å². The van der Waals surface area contributed by atoms with E-state index >= 15 is 0 Å². The van der Waals surface area contributed by atoms with Crippen LogP contribution in [0.3, 0.4) is 0 Å². The molecule has 3 aromatic rings. The van der Waals surface area contributed by atoms with Crippen LogP contribution in [0.15, 0.2) is 71.1 Å². The molecular weight excluding hydrogens is 430 g/mol. The van der Waals surface area contributed by atoms with Crippen molar-refractivity contribution < 1.29 is 13.2 Å². The average molecular weight is 456 g/mol. The third-order valence-corrected chi connectivity index (χ3v) is 8.75. The van der Waals surface area contributed by atoms with Crippen molar-refractivity contribution in [1.82, 2.24) is 14.6 Å². The molecule has 0 spiro atoms. The van der Waals surface area contributed by atoms with E-state index < -0.39 is 10.0 Å². The predicted octanol–water partition coefficient (Wildman–Crippen LogP) is 3.77. The zero-order chi connectivity index (χ0) is 21.7. The monoisotopic (exact) mass is 455 g/mol. The predicted molar refractivity (Wildman–Crippen MR) is 121 cm³/mol. The Labute approximate surface area is 187 Å². The molecule has 8 heteroatoms. The van der Waals surface area contributed by atoms with E-state index in [0.717, 1.165) is 35.4 Å². The molecule has 1 aliphatic rings. The summed E-state index contributed by atoms with van der Waals surface area (Å²) in [7, 11) is -3.48. The van der Waals surface area contributed by atoms with Gasteiger partial charge in [-0.2, -0.15) is 4.31 Å². The summed E-state index contributed by atoms with van der Waals surface area (Å²) in [6.45, 7) is 1.14. The Morgan fingerprint density at radius 1 is 1.00 bits per heavy atom. The summed E-state index contributed by atoms with van der Waals surface area (Å²) in [5.41, 5.74) is 1.69. The minimum atomic E-state index is -3.48. The van der Waals surface area contributed by atoms with E-state index in [-0.39, 0.29) is 18.4 Å². The fourth-order valence-electron chi connectivity index (χ4n) is 3.71. The Morgan fingerprint density at radius 2 is 1.74 bits per heavy atom. The summed E-state index contributed by atoms with van der Waals surface area (Å²) in [4.78, 5) is 18.0. The molecule has 1 fully saturated rings. The number of hydrogen-bond donors (Lipinski definition) is 1. The van der Waals surface area contributed by atoms with Gasteiger partial charge in [0.25, 0.3) is 10.0 Å². The molecule has 1 amide bonds. The van der Waals surface area contributed by atoms with Crippen molar-refractivity contribution in [2.75, 3.05) is 13.1 Å². The lowest BCUT2D eigenvalue weighted by atomic mass is 10.0. The highest BCUT2D eigenvalue weighted by molar-refractivity contribution is 7.91. The van der Waals surface area contributed by atoms with Crippen LogP contribution in [0.1, 0.15) is 41.4 Å². The zero-order valence-corrected chi connectivity index (χ0v) is 18.7. The van der Waals surface area contributed by atoms with Crippen molar-refractivity contribution in [2.24, 2.45) is 0 Å². The zero-order valence-electron chi connectivity index (χ0n) is 17.1. The number of amides is 1. The van der Waals surface area contributed by atoms with Crippen LogP contribution < -0.4 is 5.32 Å². The first-order chi connectivity index (χ1) is 15.0. The molecule has 1 saturated heterocycles. The van der Waals surface area contributed by atoms with Gasteiger partial charge in [-0.3, -0.25) is 9.78 Å². The largest absolute Gasteiger partial charge is 0.343 e. The Hall–Kier alpha value is -2.55. The molecule has 1 aliphatic heterocycles. The van der Waals surface area contributed by atoms with Crippen LogP contribution in [0.4, 0.5) is 0 Å². The number of rotatable bonds is 7. The number of thiophene rings is 1. The second kappa shape index (κ2) is 9.72. The number of carbonyl (C=O) groups excluding carboxylic acids is 1. The van der Waals surface area contributed by atoms with Gasteiger partial charge in [0.2, 0.25) is 5.91 Å². The molecule has 31 heavy (non-hydrogen) atoms. The summed E-state index contributed by atoms with van der Waals surface area (Å²) in [6.07, 6.45) is 4.69. The number of sulfonamides is 1. The highest BCUT2D eigenvalue weighted by Crippen LogP contribution is 2.28. The maximum Gasteiger partial charge on any atom is 0.252 e. The lowest BCUT2D eigenvalue weighted by Gasteiger charge is -2.25. The van der Waals surface area contributed by atoms with Gasteiger partial charge in [0.15, 0.2) is 0 Å². The van der Waals surface area contributed by atoms with Crippen molar-refractivity contribution in [1.29, 1.82) is 0 Å². The number of benzene rings is 1. The summed E-state index contributed by atoms with van der Waals surface area (Å²) in [6, 6.07) is 18.3. The molecule has 0 radical (unpaired) electrons. The Kier molecular flexibility index (Phi) is 6.80. The van der Waals surface area contributed by atoms with Gasteiger partial charge in [0.05, 0.1) is 18.2 Å². The molecule has 2 aromatic heterocycles. The minimum absolute atomic E-state index is 0.121. The second-order valence-electron chi connectivity index (χ2n) is 7.53. The van der Waals surface area contributed by atoms with E-state index in [1.165, 1.54) is 11.3 Å². The number of pyridine rings is 1. The normalized spacial score (nSPS) is 16.0. The minimum Gasteiger partial charge on any atom is -0.343 e. The Bertz CT molecular complexity index is 1070. The SMILES string of the molecule is O=C(Cc1ccc(S(=O)(=O)N2CCCCC2)s1)NC(c1ccccc1)c1ccccn1. The molecule has 1 N–H and O–H groups in total. The molecule has 0 bridgehead atoms. The molecule has 0 saturated carbocycles. The van der Waals surface area contributed by atoms with Crippen molar-refractivity contribution in [3.8, 4) is 0 Å². The molecule has 1 aromatic carbocycles. The summed E-state index contributed by atoms with van der Waals surface area (Å²) in [5, 5.41) is 3.05. The summed E-state index contributed by atoms with van der Waals surface area (Å²) >= 11 is 1.17. The van der Waals surface area contributed by atoms with E-state index in [1.54, 1.807) is 22.6 Å². The highest BCUT2D eigenvalue weighted by Gasteiger charge is 2.27. The second-order valence-corrected chi connectivity index (χ2v) is 10.9. The van der Waals surface area contributed by atoms with E-state index in [2.05, 4.69) is 10.3 Å². The first kappa shape index (κ1) is 21.7. The van der Waals surface area contributed by atoms with Crippen molar-refractivity contribution in [2.45, 2.75) is 35.9 Å². The number of piperidine rings is 1. The van der Waals surface area contributed by atoms with Crippen LogP contribution in [-0.4, -0.2) is 36.7 Å². The fraction of sp³-hybridized carbons (Fsp3) is 0.304. The van der Waals surface area contributed by atoms with Gasteiger partial charge in [0, 0.05) is 24.2 Å². The maximum atomic E-state index is 12.9. The third-order valence-electron chi connectivity index (χ3n) is 5.30. The Morgan fingerprint density at radius 3 is 2.45 bits per heavy atom. The lowest BCUT2D eigenvalue weighted by molar-refractivity contribution is -0.120. The topological polar surface area (TPSA) is 79.4 Å². The van der Waals surface area contributed by atoms with Crippen LogP contribution in [0.5, 0.6) is 0 Å². The molecule has 162 valence electrons. The smallest absolute Gasteiger partial charge is 0.252 e. The van der Waals surface area contributed by atoms with Crippen molar-refractivity contribution in [3.05, 3.63) is 83.0 Å². The average Bonchev–Trinajstić information content (AvgIpc) is 3.28. The quantitative estimate of drug-likeness (QED) is 0.588. The van der Waals surface area contributed by atoms with Gasteiger partial charge in [-0.25, -0.2) is 8.42 Å².